The second-order valence-corrected chi connectivity index (χ2v) is 7.77. The Hall–Kier alpha value is -3.19. The van der Waals surface area contributed by atoms with Gasteiger partial charge in [-0.15, -0.1) is 11.8 Å². The molecule has 1 N–H and O–H groups in total. The lowest BCUT2D eigenvalue weighted by Gasteiger charge is -2.19. The van der Waals surface area contributed by atoms with E-state index in [0.29, 0.717) is 16.7 Å². The molecule has 3 rings (SSSR count). The van der Waals surface area contributed by atoms with Crippen molar-refractivity contribution in [3.63, 3.8) is 0 Å². The van der Waals surface area contributed by atoms with Crippen LogP contribution in [0.1, 0.15) is 33.2 Å². The Kier molecular flexibility index (Phi) is 6.84. The van der Waals surface area contributed by atoms with Gasteiger partial charge in [-0.25, -0.2) is 4.79 Å². The zero-order valence-corrected chi connectivity index (χ0v) is 17.5. The van der Waals surface area contributed by atoms with Gasteiger partial charge in [-0.05, 0) is 12.5 Å². The molecule has 0 radical (unpaired) electrons. The molecule has 0 spiro atoms. The van der Waals surface area contributed by atoms with Gasteiger partial charge in [0.1, 0.15) is 6.04 Å². The van der Waals surface area contributed by atoms with Crippen LogP contribution in [0.3, 0.4) is 0 Å². The number of esters is 1. The lowest BCUT2D eigenvalue weighted by Crippen LogP contribution is -2.43. The van der Waals surface area contributed by atoms with Crippen LogP contribution in [0.15, 0.2) is 65.1 Å². The number of ketones is 2. The number of allylic oxidation sites excluding steroid dienone is 2. The number of hydrogen-bond donors (Lipinski definition) is 1. The number of methoxy groups -OCH3 is 1. The van der Waals surface area contributed by atoms with Gasteiger partial charge < -0.3 is 10.1 Å². The van der Waals surface area contributed by atoms with Crippen molar-refractivity contribution < 1.29 is 23.9 Å². The molecule has 0 aromatic heterocycles. The van der Waals surface area contributed by atoms with Gasteiger partial charge in [0.2, 0.25) is 11.7 Å². The van der Waals surface area contributed by atoms with Gasteiger partial charge in [0.25, 0.3) is 0 Å². The number of thioether (sulfide) groups is 1. The highest BCUT2D eigenvalue weighted by molar-refractivity contribution is 8.04. The number of fused-ring (bicyclic) bond motifs is 1. The third kappa shape index (κ3) is 4.68. The van der Waals surface area contributed by atoms with Crippen LogP contribution in [0.2, 0.25) is 0 Å². The highest BCUT2D eigenvalue weighted by Gasteiger charge is 2.30. The summed E-state index contributed by atoms with van der Waals surface area (Å²) in [7, 11) is 1.26. The smallest absolute Gasteiger partial charge is 0.328 e. The Balaban J connectivity index is 1.68. The van der Waals surface area contributed by atoms with Gasteiger partial charge in [-0.3, -0.25) is 14.4 Å². The molecular formula is C23H21NO5S. The van der Waals surface area contributed by atoms with Gasteiger partial charge in [0.15, 0.2) is 5.78 Å². The number of benzene rings is 2. The van der Waals surface area contributed by atoms with Gasteiger partial charge in [0.05, 0.1) is 17.8 Å². The van der Waals surface area contributed by atoms with E-state index in [0.717, 1.165) is 17.3 Å². The highest BCUT2D eigenvalue weighted by atomic mass is 32.2. The number of rotatable bonds is 7. The topological polar surface area (TPSA) is 89.5 Å². The molecule has 1 aliphatic rings. The monoisotopic (exact) mass is 423 g/mol. The van der Waals surface area contributed by atoms with E-state index in [-0.39, 0.29) is 28.6 Å². The fourth-order valence-corrected chi connectivity index (χ4v) is 4.12. The molecule has 0 aliphatic heterocycles. The first kappa shape index (κ1) is 21.5. The zero-order chi connectivity index (χ0) is 21.7. The van der Waals surface area contributed by atoms with Gasteiger partial charge in [0, 0.05) is 23.1 Å². The minimum Gasteiger partial charge on any atom is -0.467 e. The lowest BCUT2D eigenvalue weighted by atomic mass is 9.90. The van der Waals surface area contributed by atoms with Crippen LogP contribution in [-0.4, -0.2) is 42.3 Å². The molecule has 0 unspecified atom stereocenters. The molecule has 2 aromatic rings. The van der Waals surface area contributed by atoms with Crippen LogP contribution < -0.4 is 5.32 Å². The van der Waals surface area contributed by atoms with E-state index in [1.165, 1.54) is 7.11 Å². The van der Waals surface area contributed by atoms with Crippen LogP contribution in [0, 0.1) is 0 Å². The summed E-state index contributed by atoms with van der Waals surface area (Å²) in [5.41, 5.74) is 1.92. The molecule has 30 heavy (non-hydrogen) atoms. The Labute approximate surface area is 178 Å². The van der Waals surface area contributed by atoms with E-state index in [4.69, 9.17) is 4.74 Å². The number of hydrogen-bond acceptors (Lipinski definition) is 6. The molecule has 0 heterocycles. The van der Waals surface area contributed by atoms with Crippen molar-refractivity contribution in [3.05, 3.63) is 81.8 Å². The first-order valence-electron chi connectivity index (χ1n) is 9.35. The molecule has 0 saturated heterocycles. The van der Waals surface area contributed by atoms with Crippen LogP contribution in [0.4, 0.5) is 0 Å². The lowest BCUT2D eigenvalue weighted by molar-refractivity contribution is -0.144. The molecule has 1 amide bonds. The van der Waals surface area contributed by atoms with Crippen molar-refractivity contribution in [1.29, 1.82) is 0 Å². The maximum Gasteiger partial charge on any atom is 0.328 e. The summed E-state index contributed by atoms with van der Waals surface area (Å²) in [4.78, 5) is 50.1. The molecule has 2 aromatic carbocycles. The van der Waals surface area contributed by atoms with Gasteiger partial charge in [-0.1, -0.05) is 54.6 Å². The van der Waals surface area contributed by atoms with Crippen molar-refractivity contribution in [2.24, 2.45) is 0 Å². The summed E-state index contributed by atoms with van der Waals surface area (Å²) in [5, 5.41) is 2.66. The second-order valence-electron chi connectivity index (χ2n) is 6.78. The van der Waals surface area contributed by atoms with Crippen LogP contribution in [0.5, 0.6) is 0 Å². The Bertz CT molecular complexity index is 1030. The standard InChI is InChI=1S/C23H21NO5S/c1-14-20(26)16-10-6-7-11-17(16)21(27)22(14)30-13-19(25)24-18(23(28)29-2)12-15-8-4-3-5-9-15/h3-11,18H,12-13H2,1-2H3,(H,24,25)/t18-/m0/s1. The van der Waals surface area contributed by atoms with Gasteiger partial charge in [-0.2, -0.15) is 0 Å². The Morgan fingerprint density at radius 1 is 0.967 bits per heavy atom. The van der Waals surface area contributed by atoms with E-state index < -0.39 is 17.9 Å². The quantitative estimate of drug-likeness (QED) is 0.689. The number of ether oxygens (including phenoxy) is 1. The molecule has 7 heteroatoms. The molecule has 154 valence electrons. The van der Waals surface area contributed by atoms with E-state index in [2.05, 4.69) is 5.32 Å². The number of nitrogens with one attached hydrogen (secondary N) is 1. The van der Waals surface area contributed by atoms with Crippen molar-refractivity contribution >= 4 is 35.2 Å². The minimum absolute atomic E-state index is 0.101. The van der Waals surface area contributed by atoms with E-state index in [1.54, 1.807) is 31.2 Å². The SMILES string of the molecule is COC(=O)[C@H](Cc1ccccc1)NC(=O)CSC1=C(C)C(=O)c2ccccc2C1=O. The summed E-state index contributed by atoms with van der Waals surface area (Å²) in [6, 6.07) is 15.1. The van der Waals surface area contributed by atoms with Crippen molar-refractivity contribution in [3.8, 4) is 0 Å². The zero-order valence-electron chi connectivity index (χ0n) is 16.6. The average Bonchev–Trinajstić information content (AvgIpc) is 2.77. The predicted molar refractivity (Wildman–Crippen MR) is 114 cm³/mol. The summed E-state index contributed by atoms with van der Waals surface area (Å²) in [6.07, 6.45) is 0.288. The molecule has 6 nitrogen and oxygen atoms in total. The number of carbonyl (C=O) groups excluding carboxylic acids is 4. The molecule has 0 fully saturated rings. The number of amides is 1. The molecule has 1 atom stereocenters. The fourth-order valence-electron chi connectivity index (χ4n) is 3.21. The third-order valence-electron chi connectivity index (χ3n) is 4.75. The molecule has 0 saturated carbocycles. The van der Waals surface area contributed by atoms with E-state index in [9.17, 15) is 19.2 Å². The van der Waals surface area contributed by atoms with Crippen LogP contribution >= 0.6 is 11.8 Å². The Morgan fingerprint density at radius 3 is 2.20 bits per heavy atom. The fraction of sp³-hybridized carbons (Fsp3) is 0.217. The average molecular weight is 423 g/mol. The first-order valence-corrected chi connectivity index (χ1v) is 10.3. The Morgan fingerprint density at radius 2 is 1.57 bits per heavy atom. The highest BCUT2D eigenvalue weighted by Crippen LogP contribution is 2.32. The van der Waals surface area contributed by atoms with Crippen molar-refractivity contribution in [2.75, 3.05) is 12.9 Å². The maximum absolute atomic E-state index is 12.8. The maximum atomic E-state index is 12.8. The van der Waals surface area contributed by atoms with Crippen molar-refractivity contribution in [1.82, 2.24) is 5.32 Å². The molecule has 1 aliphatic carbocycles. The minimum atomic E-state index is -0.843. The van der Waals surface area contributed by atoms with Crippen LogP contribution in [-0.2, 0) is 20.7 Å². The summed E-state index contributed by atoms with van der Waals surface area (Å²) >= 11 is 1.00. The normalized spacial score (nSPS) is 14.2. The van der Waals surface area contributed by atoms with Gasteiger partial charge >= 0.3 is 5.97 Å². The van der Waals surface area contributed by atoms with E-state index >= 15 is 0 Å². The number of carbonyl (C=O) groups is 4. The third-order valence-corrected chi connectivity index (χ3v) is 5.94. The summed E-state index contributed by atoms with van der Waals surface area (Å²) in [5.74, 6) is -1.56. The predicted octanol–water partition coefficient (Wildman–Crippen LogP) is 2.97. The summed E-state index contributed by atoms with van der Waals surface area (Å²) < 4.78 is 4.80. The van der Waals surface area contributed by atoms with Crippen molar-refractivity contribution in [2.45, 2.75) is 19.4 Å². The molecule has 0 bridgehead atoms. The van der Waals surface area contributed by atoms with E-state index in [1.807, 2.05) is 30.3 Å². The first-order chi connectivity index (χ1) is 14.4. The number of Topliss-reactive ketones (excluding diaryl/α,β-unsaturated/α-hetero) is 2. The summed E-state index contributed by atoms with van der Waals surface area (Å²) in [6.45, 7) is 1.59. The second kappa shape index (κ2) is 9.54. The molecular weight excluding hydrogens is 402 g/mol. The largest absolute Gasteiger partial charge is 0.467 e. The van der Waals surface area contributed by atoms with Crippen LogP contribution in [0.25, 0.3) is 0 Å².